The molecule has 5 heteroatoms. The van der Waals surface area contributed by atoms with Crippen LogP contribution in [-0.4, -0.2) is 22.7 Å². The van der Waals surface area contributed by atoms with Gasteiger partial charge in [-0.2, -0.15) is 4.98 Å². The SMILES string of the molecule is Cc1noc(CCNC(C)Cc2ccc(F)cc2)n1. The Morgan fingerprint density at radius 2 is 2.05 bits per heavy atom. The number of aryl methyl sites for hydroxylation is 1. The Kier molecular flexibility index (Phi) is 4.63. The van der Waals surface area contributed by atoms with Gasteiger partial charge in [0.15, 0.2) is 5.82 Å². The standard InChI is InChI=1S/C14H18FN3O/c1-10(9-12-3-5-13(15)6-4-12)16-8-7-14-17-11(2)18-19-14/h3-6,10,16H,7-9H2,1-2H3. The smallest absolute Gasteiger partial charge is 0.227 e. The van der Waals surface area contributed by atoms with Crippen LogP contribution in [-0.2, 0) is 12.8 Å². The van der Waals surface area contributed by atoms with Crippen LogP contribution in [0.2, 0.25) is 0 Å². The normalized spacial score (nSPS) is 12.6. The first-order valence-electron chi connectivity index (χ1n) is 6.40. The molecular weight excluding hydrogens is 245 g/mol. The molecule has 1 unspecified atom stereocenters. The number of nitrogens with zero attached hydrogens (tertiary/aromatic N) is 2. The van der Waals surface area contributed by atoms with E-state index < -0.39 is 0 Å². The summed E-state index contributed by atoms with van der Waals surface area (Å²) >= 11 is 0. The molecule has 0 aliphatic heterocycles. The van der Waals surface area contributed by atoms with E-state index in [9.17, 15) is 4.39 Å². The molecule has 0 fully saturated rings. The Hall–Kier alpha value is -1.75. The van der Waals surface area contributed by atoms with Crippen molar-refractivity contribution in [3.63, 3.8) is 0 Å². The highest BCUT2D eigenvalue weighted by atomic mass is 19.1. The zero-order valence-corrected chi connectivity index (χ0v) is 11.2. The topological polar surface area (TPSA) is 51.0 Å². The van der Waals surface area contributed by atoms with Gasteiger partial charge in [0, 0.05) is 19.0 Å². The van der Waals surface area contributed by atoms with Gasteiger partial charge < -0.3 is 9.84 Å². The van der Waals surface area contributed by atoms with Crippen LogP contribution in [0.25, 0.3) is 0 Å². The fraction of sp³-hybridized carbons (Fsp3) is 0.429. The molecule has 19 heavy (non-hydrogen) atoms. The molecule has 0 radical (unpaired) electrons. The van der Waals surface area contributed by atoms with Crippen LogP contribution in [0.5, 0.6) is 0 Å². The minimum Gasteiger partial charge on any atom is -0.339 e. The molecule has 102 valence electrons. The number of nitrogens with one attached hydrogen (secondary N) is 1. The van der Waals surface area contributed by atoms with Crippen LogP contribution in [0.4, 0.5) is 4.39 Å². The summed E-state index contributed by atoms with van der Waals surface area (Å²) in [6, 6.07) is 6.92. The molecular formula is C14H18FN3O. The lowest BCUT2D eigenvalue weighted by Crippen LogP contribution is -2.30. The molecule has 2 rings (SSSR count). The van der Waals surface area contributed by atoms with E-state index in [1.54, 1.807) is 6.92 Å². The molecule has 0 saturated carbocycles. The average Bonchev–Trinajstić information content (AvgIpc) is 2.78. The Morgan fingerprint density at radius 3 is 2.68 bits per heavy atom. The van der Waals surface area contributed by atoms with Crippen LogP contribution in [0.3, 0.4) is 0 Å². The molecule has 0 bridgehead atoms. The molecule has 1 aromatic carbocycles. The molecule has 0 saturated heterocycles. The van der Waals surface area contributed by atoms with Crippen molar-refractivity contribution in [1.82, 2.24) is 15.5 Å². The van der Waals surface area contributed by atoms with E-state index in [0.717, 1.165) is 18.5 Å². The van der Waals surface area contributed by atoms with Gasteiger partial charge in [-0.05, 0) is 38.0 Å². The molecule has 0 aliphatic carbocycles. The lowest BCUT2D eigenvalue weighted by molar-refractivity contribution is 0.369. The van der Waals surface area contributed by atoms with Gasteiger partial charge in [0.1, 0.15) is 5.82 Å². The van der Waals surface area contributed by atoms with Crippen molar-refractivity contribution in [1.29, 1.82) is 0 Å². The average molecular weight is 263 g/mol. The van der Waals surface area contributed by atoms with E-state index in [1.165, 1.54) is 12.1 Å². The third-order valence-corrected chi connectivity index (χ3v) is 2.86. The van der Waals surface area contributed by atoms with Gasteiger partial charge in [-0.3, -0.25) is 0 Å². The molecule has 1 aromatic heterocycles. The molecule has 1 heterocycles. The zero-order chi connectivity index (χ0) is 13.7. The summed E-state index contributed by atoms with van der Waals surface area (Å²) in [5.41, 5.74) is 1.12. The lowest BCUT2D eigenvalue weighted by atomic mass is 10.1. The second kappa shape index (κ2) is 6.43. The lowest BCUT2D eigenvalue weighted by Gasteiger charge is -2.12. The summed E-state index contributed by atoms with van der Waals surface area (Å²) in [5.74, 6) is 1.12. The van der Waals surface area contributed by atoms with Crippen LogP contribution >= 0.6 is 0 Å². The van der Waals surface area contributed by atoms with E-state index in [-0.39, 0.29) is 5.82 Å². The highest BCUT2D eigenvalue weighted by Crippen LogP contribution is 2.05. The van der Waals surface area contributed by atoms with Crippen molar-refractivity contribution in [2.24, 2.45) is 0 Å². The number of halogens is 1. The van der Waals surface area contributed by atoms with Crippen LogP contribution < -0.4 is 5.32 Å². The maximum absolute atomic E-state index is 12.8. The Labute approximate surface area is 112 Å². The first-order valence-corrected chi connectivity index (χ1v) is 6.40. The van der Waals surface area contributed by atoms with Gasteiger partial charge in [-0.25, -0.2) is 4.39 Å². The second-order valence-electron chi connectivity index (χ2n) is 4.67. The summed E-state index contributed by atoms with van der Waals surface area (Å²) in [7, 11) is 0. The van der Waals surface area contributed by atoms with Crippen molar-refractivity contribution in [2.45, 2.75) is 32.7 Å². The van der Waals surface area contributed by atoms with Crippen molar-refractivity contribution in [3.8, 4) is 0 Å². The molecule has 0 amide bonds. The van der Waals surface area contributed by atoms with Crippen molar-refractivity contribution in [2.75, 3.05) is 6.54 Å². The van der Waals surface area contributed by atoms with Gasteiger partial charge in [0.05, 0.1) is 0 Å². The summed E-state index contributed by atoms with van der Waals surface area (Å²) in [6.07, 6.45) is 1.58. The van der Waals surface area contributed by atoms with Gasteiger partial charge >= 0.3 is 0 Å². The van der Waals surface area contributed by atoms with E-state index in [2.05, 4.69) is 22.4 Å². The highest BCUT2D eigenvalue weighted by Gasteiger charge is 2.06. The zero-order valence-electron chi connectivity index (χ0n) is 11.2. The minimum absolute atomic E-state index is 0.198. The van der Waals surface area contributed by atoms with Crippen LogP contribution in [0.15, 0.2) is 28.8 Å². The van der Waals surface area contributed by atoms with Crippen LogP contribution in [0.1, 0.15) is 24.2 Å². The van der Waals surface area contributed by atoms with Gasteiger partial charge in [-0.1, -0.05) is 17.3 Å². The number of hydrogen-bond acceptors (Lipinski definition) is 4. The fourth-order valence-electron chi connectivity index (χ4n) is 1.91. The van der Waals surface area contributed by atoms with E-state index >= 15 is 0 Å². The van der Waals surface area contributed by atoms with E-state index in [0.29, 0.717) is 24.2 Å². The predicted molar refractivity (Wildman–Crippen MR) is 70.3 cm³/mol. The van der Waals surface area contributed by atoms with Crippen molar-refractivity contribution in [3.05, 3.63) is 47.4 Å². The van der Waals surface area contributed by atoms with Crippen molar-refractivity contribution >= 4 is 0 Å². The largest absolute Gasteiger partial charge is 0.339 e. The number of benzene rings is 1. The minimum atomic E-state index is -0.198. The summed E-state index contributed by atoms with van der Waals surface area (Å²) in [5, 5.41) is 7.12. The van der Waals surface area contributed by atoms with Crippen LogP contribution in [0, 0.1) is 12.7 Å². The van der Waals surface area contributed by atoms with Crippen molar-refractivity contribution < 1.29 is 8.91 Å². The fourth-order valence-corrected chi connectivity index (χ4v) is 1.91. The first kappa shape index (κ1) is 13.7. The first-order chi connectivity index (χ1) is 9.13. The number of hydrogen-bond donors (Lipinski definition) is 1. The predicted octanol–water partition coefficient (Wildman–Crippen LogP) is 2.28. The Morgan fingerprint density at radius 1 is 1.32 bits per heavy atom. The third-order valence-electron chi connectivity index (χ3n) is 2.86. The molecule has 1 atom stereocenters. The number of aromatic nitrogens is 2. The third kappa shape index (κ3) is 4.44. The van der Waals surface area contributed by atoms with Gasteiger partial charge in [0.2, 0.25) is 5.89 Å². The van der Waals surface area contributed by atoms with Gasteiger partial charge in [-0.15, -0.1) is 0 Å². The number of rotatable bonds is 6. The second-order valence-corrected chi connectivity index (χ2v) is 4.67. The van der Waals surface area contributed by atoms with Gasteiger partial charge in [0.25, 0.3) is 0 Å². The monoisotopic (exact) mass is 263 g/mol. The maximum Gasteiger partial charge on any atom is 0.227 e. The van der Waals surface area contributed by atoms with E-state index in [1.807, 2.05) is 12.1 Å². The summed E-state index contributed by atoms with van der Waals surface area (Å²) in [6.45, 7) is 4.68. The molecule has 0 spiro atoms. The summed E-state index contributed by atoms with van der Waals surface area (Å²) < 4.78 is 17.8. The Balaban J connectivity index is 1.72. The highest BCUT2D eigenvalue weighted by molar-refractivity contribution is 5.16. The maximum atomic E-state index is 12.8. The molecule has 4 nitrogen and oxygen atoms in total. The van der Waals surface area contributed by atoms with E-state index in [4.69, 9.17) is 4.52 Å². The quantitative estimate of drug-likeness (QED) is 0.868. The molecule has 2 aromatic rings. The molecule has 0 aliphatic rings. The summed E-state index contributed by atoms with van der Waals surface area (Å²) in [4.78, 5) is 4.14. The molecule has 1 N–H and O–H groups in total. The Bertz CT molecular complexity index is 510.